The second kappa shape index (κ2) is 7.66. The second-order valence-corrected chi connectivity index (χ2v) is 6.79. The average molecular weight is 407 g/mol. The van der Waals surface area contributed by atoms with Crippen molar-refractivity contribution >= 4 is 27.5 Å². The first-order valence-corrected chi connectivity index (χ1v) is 8.54. The van der Waals surface area contributed by atoms with E-state index in [0.29, 0.717) is 18.0 Å². The fourth-order valence-electron chi connectivity index (χ4n) is 2.21. The number of furan rings is 1. The van der Waals surface area contributed by atoms with Crippen LogP contribution in [0.25, 0.3) is 0 Å². The van der Waals surface area contributed by atoms with E-state index in [9.17, 15) is 4.79 Å². The minimum Gasteiger partial charge on any atom is -0.454 e. The van der Waals surface area contributed by atoms with Crippen LogP contribution in [0.3, 0.4) is 0 Å². The van der Waals surface area contributed by atoms with Gasteiger partial charge in [-0.25, -0.2) is 0 Å². The first-order valence-electron chi connectivity index (χ1n) is 7.75. The van der Waals surface area contributed by atoms with Crippen LogP contribution in [0.2, 0.25) is 0 Å². The first-order chi connectivity index (χ1) is 12.0. The Morgan fingerprint density at radius 1 is 1.24 bits per heavy atom. The van der Waals surface area contributed by atoms with Crippen LogP contribution in [0.1, 0.15) is 16.3 Å². The van der Waals surface area contributed by atoms with E-state index in [1.165, 1.54) is 0 Å². The third kappa shape index (κ3) is 4.80. The minimum absolute atomic E-state index is 0.252. The fourth-order valence-corrected chi connectivity index (χ4v) is 2.54. The van der Waals surface area contributed by atoms with Gasteiger partial charge in [0.15, 0.2) is 5.76 Å². The van der Waals surface area contributed by atoms with Gasteiger partial charge in [0.1, 0.15) is 5.76 Å². The van der Waals surface area contributed by atoms with Gasteiger partial charge in [0, 0.05) is 18.9 Å². The molecule has 0 aromatic carbocycles. The van der Waals surface area contributed by atoms with Crippen molar-refractivity contribution in [2.24, 2.45) is 0 Å². The normalized spacial score (nSPS) is 11.2. The van der Waals surface area contributed by atoms with Crippen molar-refractivity contribution in [2.75, 3.05) is 26.0 Å². The number of anilines is 1. The number of amides is 1. The van der Waals surface area contributed by atoms with Crippen LogP contribution in [-0.4, -0.2) is 51.0 Å². The molecule has 3 rings (SSSR count). The Morgan fingerprint density at radius 3 is 2.76 bits per heavy atom. The summed E-state index contributed by atoms with van der Waals surface area (Å²) in [7, 11) is 4.01. The summed E-state index contributed by atoms with van der Waals surface area (Å²) in [5, 5.41) is 11.2. The van der Waals surface area contributed by atoms with Gasteiger partial charge in [-0.3, -0.25) is 14.2 Å². The van der Waals surface area contributed by atoms with E-state index in [0.717, 1.165) is 17.6 Å². The monoisotopic (exact) mass is 406 g/mol. The number of carbonyl (C=O) groups excluding carboxylic acids is 1. The van der Waals surface area contributed by atoms with Gasteiger partial charge in [-0.1, -0.05) is 0 Å². The molecule has 0 aliphatic rings. The number of nitrogens with one attached hydrogen (secondary N) is 1. The molecule has 0 aliphatic heterocycles. The van der Waals surface area contributed by atoms with Gasteiger partial charge in [-0.05, 0) is 42.2 Å². The molecule has 8 nitrogen and oxygen atoms in total. The van der Waals surface area contributed by atoms with Crippen LogP contribution >= 0.6 is 15.9 Å². The van der Waals surface area contributed by atoms with Crippen molar-refractivity contribution in [1.82, 2.24) is 24.5 Å². The Bertz CT molecular complexity index is 850. The lowest BCUT2D eigenvalue weighted by Crippen LogP contribution is -2.18. The van der Waals surface area contributed by atoms with Crippen LogP contribution in [0.15, 0.2) is 45.8 Å². The van der Waals surface area contributed by atoms with Crippen molar-refractivity contribution in [2.45, 2.75) is 13.1 Å². The van der Waals surface area contributed by atoms with E-state index in [-0.39, 0.29) is 11.7 Å². The molecule has 1 N–H and O–H groups in total. The van der Waals surface area contributed by atoms with Crippen molar-refractivity contribution in [3.63, 3.8) is 0 Å². The summed E-state index contributed by atoms with van der Waals surface area (Å²) in [6, 6.07) is 3.42. The molecule has 0 bridgehead atoms. The van der Waals surface area contributed by atoms with E-state index in [1.54, 1.807) is 40.1 Å². The molecular formula is C16H19BrN6O2. The Labute approximate surface area is 153 Å². The predicted octanol–water partition coefficient (Wildman–Crippen LogP) is 2.30. The molecule has 9 heteroatoms. The number of hydrogen-bond donors (Lipinski definition) is 1. The number of aromatic nitrogens is 4. The van der Waals surface area contributed by atoms with E-state index in [2.05, 4.69) is 36.3 Å². The molecule has 0 spiro atoms. The number of hydrogen-bond acceptors (Lipinski definition) is 5. The molecule has 0 atom stereocenters. The Kier molecular flexibility index (Phi) is 5.34. The average Bonchev–Trinajstić information content (AvgIpc) is 3.28. The molecule has 0 fully saturated rings. The summed E-state index contributed by atoms with van der Waals surface area (Å²) in [5.41, 5.74) is 0.637. The number of likely N-dealkylation sites (N-methyl/N-ethyl adjacent to an activating group) is 1. The largest absolute Gasteiger partial charge is 0.454 e. The van der Waals surface area contributed by atoms with Crippen molar-refractivity contribution in [3.8, 4) is 0 Å². The van der Waals surface area contributed by atoms with Crippen LogP contribution in [0.4, 0.5) is 5.69 Å². The van der Waals surface area contributed by atoms with Gasteiger partial charge in [-0.15, -0.1) is 0 Å². The molecule has 0 aliphatic carbocycles. The van der Waals surface area contributed by atoms with Gasteiger partial charge in [0.2, 0.25) is 0 Å². The van der Waals surface area contributed by atoms with Gasteiger partial charge in [0.25, 0.3) is 5.91 Å². The summed E-state index contributed by atoms with van der Waals surface area (Å²) < 4.78 is 10.00. The van der Waals surface area contributed by atoms with Crippen LogP contribution < -0.4 is 5.32 Å². The summed E-state index contributed by atoms with van der Waals surface area (Å²) in [5.74, 6) is 0.602. The van der Waals surface area contributed by atoms with Crippen LogP contribution in [0.5, 0.6) is 0 Å². The molecule has 25 heavy (non-hydrogen) atoms. The highest BCUT2D eigenvalue weighted by molar-refractivity contribution is 9.10. The highest BCUT2D eigenvalue weighted by Gasteiger charge is 2.13. The molecule has 132 valence electrons. The van der Waals surface area contributed by atoms with E-state index < -0.39 is 0 Å². The first kappa shape index (κ1) is 17.4. The standard InChI is InChI=1S/C16H19BrN6O2/c1-21(2)5-6-22-10-13(8-19-22)20-16(24)15-4-3-14(25-15)11-23-9-12(17)7-18-23/h3-4,7-10H,5-6,11H2,1-2H3,(H,20,24). The zero-order valence-electron chi connectivity index (χ0n) is 14.0. The summed E-state index contributed by atoms with van der Waals surface area (Å²) in [6.07, 6.45) is 6.96. The van der Waals surface area contributed by atoms with E-state index >= 15 is 0 Å². The van der Waals surface area contributed by atoms with Crippen molar-refractivity contribution in [1.29, 1.82) is 0 Å². The highest BCUT2D eigenvalue weighted by atomic mass is 79.9. The van der Waals surface area contributed by atoms with Crippen LogP contribution in [-0.2, 0) is 13.1 Å². The number of nitrogens with zero attached hydrogens (tertiary/aromatic N) is 5. The van der Waals surface area contributed by atoms with E-state index in [4.69, 9.17) is 4.42 Å². The molecule has 0 radical (unpaired) electrons. The Hall–Kier alpha value is -2.39. The SMILES string of the molecule is CN(C)CCn1cc(NC(=O)c2ccc(Cn3cc(Br)cn3)o2)cn1. The Morgan fingerprint density at radius 2 is 2.04 bits per heavy atom. The lowest BCUT2D eigenvalue weighted by Gasteiger charge is -2.08. The second-order valence-electron chi connectivity index (χ2n) is 5.87. The van der Waals surface area contributed by atoms with Crippen molar-refractivity contribution < 1.29 is 9.21 Å². The maximum Gasteiger partial charge on any atom is 0.291 e. The molecule has 0 saturated heterocycles. The summed E-state index contributed by atoms with van der Waals surface area (Å²) in [4.78, 5) is 14.4. The lowest BCUT2D eigenvalue weighted by molar-refractivity contribution is 0.0994. The zero-order chi connectivity index (χ0) is 17.8. The van der Waals surface area contributed by atoms with E-state index in [1.807, 2.05) is 20.3 Å². The topological polar surface area (TPSA) is 81.1 Å². The lowest BCUT2D eigenvalue weighted by atomic mass is 10.4. The molecule has 3 aromatic heterocycles. The van der Waals surface area contributed by atoms with Crippen LogP contribution in [0, 0.1) is 0 Å². The van der Waals surface area contributed by atoms with Gasteiger partial charge >= 0.3 is 0 Å². The maximum atomic E-state index is 12.3. The molecular weight excluding hydrogens is 388 g/mol. The molecule has 3 heterocycles. The smallest absolute Gasteiger partial charge is 0.291 e. The summed E-state index contributed by atoms with van der Waals surface area (Å²) in [6.45, 7) is 2.09. The minimum atomic E-state index is -0.306. The molecule has 0 saturated carbocycles. The third-order valence-electron chi connectivity index (χ3n) is 3.47. The Balaban J connectivity index is 1.58. The fraction of sp³-hybridized carbons (Fsp3) is 0.312. The third-order valence-corrected chi connectivity index (χ3v) is 3.88. The number of carbonyl (C=O) groups is 1. The zero-order valence-corrected chi connectivity index (χ0v) is 15.6. The molecule has 3 aromatic rings. The molecule has 0 unspecified atom stereocenters. The van der Waals surface area contributed by atoms with Gasteiger partial charge < -0.3 is 14.6 Å². The predicted molar refractivity (Wildman–Crippen MR) is 96.5 cm³/mol. The number of rotatable bonds is 7. The highest BCUT2D eigenvalue weighted by Crippen LogP contribution is 2.14. The molecule has 1 amide bonds. The summed E-state index contributed by atoms with van der Waals surface area (Å²) >= 11 is 3.34. The van der Waals surface area contributed by atoms with Crippen molar-refractivity contribution in [3.05, 3.63) is 52.9 Å². The maximum absolute atomic E-state index is 12.3. The quantitative estimate of drug-likeness (QED) is 0.650. The van der Waals surface area contributed by atoms with Gasteiger partial charge in [-0.2, -0.15) is 10.2 Å². The van der Waals surface area contributed by atoms with Gasteiger partial charge in [0.05, 0.1) is 35.6 Å². The number of halogens is 1.